The van der Waals surface area contributed by atoms with E-state index in [0.29, 0.717) is 18.7 Å². The van der Waals surface area contributed by atoms with Crippen LogP contribution in [0.25, 0.3) is 0 Å². The summed E-state index contributed by atoms with van der Waals surface area (Å²) in [5.41, 5.74) is 0.884. The fraction of sp³-hybridized carbons (Fsp3) is 0.375. The molecule has 2 aromatic rings. The molecule has 0 spiro atoms. The Morgan fingerprint density at radius 1 is 0.968 bits per heavy atom. The zero-order chi connectivity index (χ0) is 22.5. The third-order valence-electron chi connectivity index (χ3n) is 5.96. The minimum Gasteiger partial charge on any atom is -0.481 e. The molecule has 1 amide bonds. The van der Waals surface area contributed by atoms with Crippen molar-refractivity contribution in [3.8, 4) is 11.5 Å². The number of hydrogen-bond donors (Lipinski definition) is 2. The van der Waals surface area contributed by atoms with Crippen molar-refractivity contribution in [3.05, 3.63) is 60.2 Å². The van der Waals surface area contributed by atoms with Crippen molar-refractivity contribution in [2.75, 3.05) is 0 Å². The number of benzene rings is 2. The van der Waals surface area contributed by atoms with Gasteiger partial charge in [-0.05, 0) is 49.6 Å². The van der Waals surface area contributed by atoms with Gasteiger partial charge in [0.1, 0.15) is 11.5 Å². The summed E-state index contributed by atoms with van der Waals surface area (Å²) in [6, 6.07) is 16.7. The molecule has 164 valence electrons. The first-order chi connectivity index (χ1) is 14.8. The van der Waals surface area contributed by atoms with Crippen LogP contribution in [-0.2, 0) is 20.9 Å². The first kappa shape index (κ1) is 22.3. The van der Waals surface area contributed by atoms with Gasteiger partial charge in [-0.25, -0.2) is 0 Å². The molecule has 1 fully saturated rings. The molecule has 7 nitrogen and oxygen atoms in total. The van der Waals surface area contributed by atoms with E-state index in [9.17, 15) is 24.6 Å². The second-order valence-corrected chi connectivity index (χ2v) is 7.93. The molecule has 2 N–H and O–H groups in total. The topological polar surface area (TPSA) is 104 Å². The number of carboxylic acid groups (broad SMARTS) is 2. The van der Waals surface area contributed by atoms with E-state index in [2.05, 4.69) is 0 Å². The first-order valence-corrected chi connectivity index (χ1v) is 10.4. The van der Waals surface area contributed by atoms with Crippen molar-refractivity contribution in [2.45, 2.75) is 39.3 Å². The molecule has 4 atom stereocenters. The summed E-state index contributed by atoms with van der Waals surface area (Å²) >= 11 is 0. The quantitative estimate of drug-likeness (QED) is 0.629. The molecule has 3 unspecified atom stereocenters. The summed E-state index contributed by atoms with van der Waals surface area (Å²) < 4.78 is 5.79. The van der Waals surface area contributed by atoms with Crippen molar-refractivity contribution in [1.29, 1.82) is 0 Å². The smallest absolute Gasteiger partial charge is 0.308 e. The van der Waals surface area contributed by atoms with E-state index in [-0.39, 0.29) is 18.4 Å². The normalized spacial score (nSPS) is 20.9. The minimum atomic E-state index is -1.23. The summed E-state index contributed by atoms with van der Waals surface area (Å²) in [6.45, 7) is 4.19. The highest BCUT2D eigenvalue weighted by molar-refractivity contribution is 5.91. The SMILES string of the molecule is CC[C@@H](C)N(Cc1ccc(Oc2ccccc2)cc1)C(=O)C1CC(C(=O)O)C1C(=O)O. The molecule has 2 aromatic carbocycles. The maximum atomic E-state index is 13.2. The lowest BCUT2D eigenvalue weighted by molar-refractivity contribution is -0.172. The number of aliphatic carboxylic acids is 2. The van der Waals surface area contributed by atoms with Gasteiger partial charge >= 0.3 is 11.9 Å². The van der Waals surface area contributed by atoms with Gasteiger partial charge < -0.3 is 19.8 Å². The van der Waals surface area contributed by atoms with Crippen LogP contribution in [-0.4, -0.2) is 39.0 Å². The first-order valence-electron chi connectivity index (χ1n) is 10.4. The lowest BCUT2D eigenvalue weighted by atomic mass is 9.64. The van der Waals surface area contributed by atoms with Crippen LogP contribution in [0.3, 0.4) is 0 Å². The van der Waals surface area contributed by atoms with Crippen molar-refractivity contribution in [2.24, 2.45) is 17.8 Å². The van der Waals surface area contributed by atoms with E-state index in [0.717, 1.165) is 11.3 Å². The Bertz CT molecular complexity index is 927. The summed E-state index contributed by atoms with van der Waals surface area (Å²) in [4.78, 5) is 37.7. The zero-order valence-corrected chi connectivity index (χ0v) is 17.6. The molecule has 31 heavy (non-hydrogen) atoms. The predicted octanol–water partition coefficient (Wildman–Crippen LogP) is 4.03. The molecule has 1 saturated carbocycles. The van der Waals surface area contributed by atoms with Gasteiger partial charge in [0.2, 0.25) is 5.91 Å². The molecule has 0 heterocycles. The van der Waals surface area contributed by atoms with Crippen molar-refractivity contribution in [1.82, 2.24) is 4.90 Å². The molecule has 0 bridgehead atoms. The molecule has 0 aromatic heterocycles. The van der Waals surface area contributed by atoms with Crippen LogP contribution in [0.2, 0.25) is 0 Å². The molecule has 0 aliphatic heterocycles. The molecule has 3 rings (SSSR count). The average Bonchev–Trinajstić information content (AvgIpc) is 2.72. The molecular formula is C24H27NO6. The van der Waals surface area contributed by atoms with Crippen LogP contribution < -0.4 is 4.74 Å². The lowest BCUT2D eigenvalue weighted by Gasteiger charge is -2.42. The monoisotopic (exact) mass is 425 g/mol. The number of rotatable bonds is 9. The zero-order valence-electron chi connectivity index (χ0n) is 17.6. The number of ether oxygens (including phenoxy) is 1. The van der Waals surface area contributed by atoms with Gasteiger partial charge in [0.15, 0.2) is 0 Å². The van der Waals surface area contributed by atoms with Crippen LogP contribution in [0, 0.1) is 17.8 Å². The Morgan fingerprint density at radius 3 is 2.13 bits per heavy atom. The van der Waals surface area contributed by atoms with E-state index in [4.69, 9.17) is 4.74 Å². The van der Waals surface area contributed by atoms with Gasteiger partial charge in [0.25, 0.3) is 0 Å². The Morgan fingerprint density at radius 2 is 1.58 bits per heavy atom. The van der Waals surface area contributed by atoms with E-state index >= 15 is 0 Å². The standard InChI is InChI=1S/C24H27NO6/c1-3-15(2)25(22(26)19-13-20(23(27)28)21(19)24(29)30)14-16-9-11-18(12-10-16)31-17-7-5-4-6-8-17/h4-12,15,19-21H,3,13-14H2,1-2H3,(H,27,28)(H,29,30)/t15-,19?,20?,21?/m1/s1. The molecule has 0 saturated heterocycles. The van der Waals surface area contributed by atoms with Crippen LogP contribution in [0.5, 0.6) is 11.5 Å². The largest absolute Gasteiger partial charge is 0.481 e. The van der Waals surface area contributed by atoms with Crippen LogP contribution in [0.1, 0.15) is 32.3 Å². The fourth-order valence-corrected chi connectivity index (χ4v) is 3.87. The fourth-order valence-electron chi connectivity index (χ4n) is 3.87. The number of nitrogens with zero attached hydrogens (tertiary/aromatic N) is 1. The maximum absolute atomic E-state index is 13.2. The maximum Gasteiger partial charge on any atom is 0.308 e. The van der Waals surface area contributed by atoms with Crippen molar-refractivity contribution >= 4 is 17.8 Å². The Labute approximate surface area is 181 Å². The van der Waals surface area contributed by atoms with Gasteiger partial charge in [0, 0.05) is 12.6 Å². The number of carbonyl (C=O) groups excluding carboxylic acids is 1. The van der Waals surface area contributed by atoms with Gasteiger partial charge in [-0.3, -0.25) is 14.4 Å². The van der Waals surface area contributed by atoms with Gasteiger partial charge in [-0.15, -0.1) is 0 Å². The van der Waals surface area contributed by atoms with Crippen molar-refractivity contribution < 1.29 is 29.3 Å². The highest BCUT2D eigenvalue weighted by Gasteiger charge is 2.54. The number of carbonyl (C=O) groups is 3. The van der Waals surface area contributed by atoms with Gasteiger partial charge in [-0.1, -0.05) is 37.3 Å². The highest BCUT2D eigenvalue weighted by atomic mass is 16.5. The highest BCUT2D eigenvalue weighted by Crippen LogP contribution is 2.42. The molecule has 0 radical (unpaired) electrons. The van der Waals surface area contributed by atoms with Crippen LogP contribution in [0.15, 0.2) is 54.6 Å². The second-order valence-electron chi connectivity index (χ2n) is 7.93. The number of para-hydroxylation sites is 1. The molecule has 1 aliphatic carbocycles. The van der Waals surface area contributed by atoms with E-state index in [1.165, 1.54) is 0 Å². The molecule has 1 aliphatic rings. The van der Waals surface area contributed by atoms with Gasteiger partial charge in [-0.2, -0.15) is 0 Å². The van der Waals surface area contributed by atoms with E-state index in [1.807, 2.05) is 68.4 Å². The Balaban J connectivity index is 1.72. The van der Waals surface area contributed by atoms with Crippen LogP contribution >= 0.6 is 0 Å². The van der Waals surface area contributed by atoms with Crippen molar-refractivity contribution in [3.63, 3.8) is 0 Å². The third-order valence-corrected chi connectivity index (χ3v) is 5.96. The Kier molecular flexibility index (Phi) is 6.95. The lowest BCUT2D eigenvalue weighted by Crippen LogP contribution is -2.54. The summed E-state index contributed by atoms with van der Waals surface area (Å²) in [5, 5.41) is 18.7. The van der Waals surface area contributed by atoms with E-state index in [1.54, 1.807) is 4.90 Å². The summed E-state index contributed by atoms with van der Waals surface area (Å²) in [6.07, 6.45) is 0.760. The number of amides is 1. The summed E-state index contributed by atoms with van der Waals surface area (Å²) in [7, 11) is 0. The Hall–Kier alpha value is -3.35. The minimum absolute atomic E-state index is 0.0575. The summed E-state index contributed by atoms with van der Waals surface area (Å²) in [5.74, 6) is -4.31. The third kappa shape index (κ3) is 5.05. The predicted molar refractivity (Wildman–Crippen MR) is 114 cm³/mol. The number of carboxylic acids is 2. The van der Waals surface area contributed by atoms with Crippen LogP contribution in [0.4, 0.5) is 0 Å². The average molecular weight is 425 g/mol. The molecule has 7 heteroatoms. The van der Waals surface area contributed by atoms with E-state index < -0.39 is 29.7 Å². The molecular weight excluding hydrogens is 398 g/mol. The number of hydrogen-bond acceptors (Lipinski definition) is 4. The van der Waals surface area contributed by atoms with Gasteiger partial charge in [0.05, 0.1) is 17.8 Å². The second kappa shape index (κ2) is 9.64.